The van der Waals surface area contributed by atoms with Gasteiger partial charge in [-0.1, -0.05) is 6.07 Å². The second-order valence-corrected chi connectivity index (χ2v) is 1.99. The topological polar surface area (TPSA) is 0 Å². The normalized spacial score (nSPS) is 9.09. The van der Waals surface area contributed by atoms with Gasteiger partial charge in [0.05, 0.1) is 0 Å². The highest BCUT2D eigenvalue weighted by molar-refractivity contribution is 5.18. The summed E-state index contributed by atoms with van der Waals surface area (Å²) in [5.74, 6) is -3.66. The second-order valence-electron chi connectivity index (χ2n) is 1.99. The molecule has 0 heterocycles. The lowest BCUT2D eigenvalue weighted by molar-refractivity contribution is 0.443. The van der Waals surface area contributed by atoms with Gasteiger partial charge in [-0.25, -0.2) is 13.2 Å². The molecular formula is C7H6F4. The maximum atomic E-state index is 12.4. The molecule has 62 valence electrons. The smallest absolute Gasteiger partial charge is 0.194 e. The van der Waals surface area contributed by atoms with Crippen LogP contribution in [0.5, 0.6) is 0 Å². The van der Waals surface area contributed by atoms with Crippen LogP contribution in [0.4, 0.5) is 17.9 Å². The van der Waals surface area contributed by atoms with E-state index in [0.717, 1.165) is 6.07 Å². The van der Waals surface area contributed by atoms with Crippen molar-refractivity contribution in [2.75, 3.05) is 0 Å². The standard InChI is InChI=1S/C7H5F3.FH/c1-4-2-3-5(8)7(10)6(4)9;/h2-3H,1H3;1H. The average molecular weight is 166 g/mol. The Kier molecular flexibility index (Phi) is 3.04. The maximum Gasteiger partial charge on any atom is 0.194 e. The Bertz CT molecular complexity index is 230. The van der Waals surface area contributed by atoms with E-state index in [4.69, 9.17) is 0 Å². The molecule has 1 aromatic carbocycles. The predicted molar refractivity (Wildman–Crippen MR) is 33.6 cm³/mol. The first-order chi connectivity index (χ1) is 4.63. The highest BCUT2D eigenvalue weighted by atomic mass is 19.2. The first kappa shape index (κ1) is 9.94. The lowest BCUT2D eigenvalue weighted by Crippen LogP contribution is -1.92. The minimum atomic E-state index is -1.40. The van der Waals surface area contributed by atoms with E-state index in [1.807, 2.05) is 0 Å². The first-order valence-corrected chi connectivity index (χ1v) is 2.73. The Labute approximate surface area is 61.0 Å². The number of halogens is 4. The summed E-state index contributed by atoms with van der Waals surface area (Å²) >= 11 is 0. The maximum absolute atomic E-state index is 12.4. The zero-order valence-electron chi connectivity index (χ0n) is 5.70. The summed E-state index contributed by atoms with van der Waals surface area (Å²) in [6.07, 6.45) is 0. The number of hydrogen-bond donors (Lipinski definition) is 0. The van der Waals surface area contributed by atoms with Crippen molar-refractivity contribution in [1.29, 1.82) is 0 Å². The monoisotopic (exact) mass is 166 g/mol. The van der Waals surface area contributed by atoms with Gasteiger partial charge in [0.1, 0.15) is 0 Å². The molecule has 0 saturated heterocycles. The molecule has 0 aliphatic carbocycles. The highest BCUT2D eigenvalue weighted by Gasteiger charge is 2.09. The van der Waals surface area contributed by atoms with Crippen molar-refractivity contribution in [3.05, 3.63) is 35.1 Å². The number of hydrogen-bond acceptors (Lipinski definition) is 0. The fourth-order valence-corrected chi connectivity index (χ4v) is 0.622. The van der Waals surface area contributed by atoms with E-state index in [2.05, 4.69) is 0 Å². The zero-order chi connectivity index (χ0) is 7.72. The summed E-state index contributed by atoms with van der Waals surface area (Å²) in [4.78, 5) is 0. The van der Waals surface area contributed by atoms with Crippen molar-refractivity contribution < 1.29 is 17.9 Å². The minimum Gasteiger partial charge on any atom is -0.269 e. The third-order valence-electron chi connectivity index (χ3n) is 1.23. The Morgan fingerprint density at radius 1 is 1.00 bits per heavy atom. The van der Waals surface area contributed by atoms with E-state index in [-0.39, 0.29) is 10.3 Å². The Morgan fingerprint density at radius 3 is 2.00 bits per heavy atom. The van der Waals surface area contributed by atoms with E-state index in [0.29, 0.717) is 0 Å². The summed E-state index contributed by atoms with van der Waals surface area (Å²) in [6, 6.07) is 2.08. The molecule has 0 aliphatic heterocycles. The van der Waals surface area contributed by atoms with E-state index in [9.17, 15) is 13.2 Å². The first-order valence-electron chi connectivity index (χ1n) is 2.73. The molecule has 1 aromatic rings. The van der Waals surface area contributed by atoms with Crippen LogP contribution in [-0.4, -0.2) is 0 Å². The molecule has 11 heavy (non-hydrogen) atoms. The molecule has 0 spiro atoms. The fraction of sp³-hybridized carbons (Fsp3) is 0.143. The van der Waals surface area contributed by atoms with Crippen molar-refractivity contribution in [2.24, 2.45) is 0 Å². The van der Waals surface area contributed by atoms with Gasteiger partial charge in [0, 0.05) is 0 Å². The Balaban J connectivity index is 0.000001000. The molecule has 0 atom stereocenters. The molecular weight excluding hydrogens is 160 g/mol. The summed E-state index contributed by atoms with van der Waals surface area (Å²) in [5, 5.41) is 0. The van der Waals surface area contributed by atoms with Gasteiger partial charge >= 0.3 is 0 Å². The van der Waals surface area contributed by atoms with E-state index >= 15 is 0 Å². The Hall–Kier alpha value is -1.06. The van der Waals surface area contributed by atoms with E-state index < -0.39 is 17.5 Å². The van der Waals surface area contributed by atoms with Gasteiger partial charge in [0.15, 0.2) is 17.5 Å². The summed E-state index contributed by atoms with van der Waals surface area (Å²) in [6.45, 7) is 1.37. The molecule has 0 radical (unpaired) electrons. The number of aryl methyl sites for hydroxylation is 1. The molecule has 4 heteroatoms. The summed E-state index contributed by atoms with van der Waals surface area (Å²) in [5.41, 5.74) is 0.110. The van der Waals surface area contributed by atoms with E-state index in [1.165, 1.54) is 13.0 Å². The second kappa shape index (κ2) is 3.37. The highest BCUT2D eigenvalue weighted by Crippen LogP contribution is 2.13. The lowest BCUT2D eigenvalue weighted by Gasteiger charge is -1.96. The summed E-state index contributed by atoms with van der Waals surface area (Å²) < 4.78 is 36.8. The lowest BCUT2D eigenvalue weighted by atomic mass is 10.2. The van der Waals surface area contributed by atoms with Crippen LogP contribution in [0.3, 0.4) is 0 Å². The molecule has 0 unspecified atom stereocenters. The van der Waals surface area contributed by atoms with Gasteiger partial charge in [-0.05, 0) is 18.6 Å². The van der Waals surface area contributed by atoms with Gasteiger partial charge in [-0.2, -0.15) is 0 Å². The van der Waals surface area contributed by atoms with Crippen LogP contribution in [0.2, 0.25) is 0 Å². The molecule has 0 amide bonds. The van der Waals surface area contributed by atoms with E-state index in [1.54, 1.807) is 0 Å². The van der Waals surface area contributed by atoms with Crippen LogP contribution in [0, 0.1) is 24.4 Å². The molecule has 0 saturated carbocycles. The van der Waals surface area contributed by atoms with Crippen molar-refractivity contribution in [3.63, 3.8) is 0 Å². The van der Waals surface area contributed by atoms with Crippen LogP contribution in [-0.2, 0) is 0 Å². The van der Waals surface area contributed by atoms with Gasteiger partial charge in [0.2, 0.25) is 0 Å². The molecule has 0 nitrogen and oxygen atoms in total. The number of benzene rings is 1. The molecule has 0 aromatic heterocycles. The molecule has 0 fully saturated rings. The van der Waals surface area contributed by atoms with Crippen molar-refractivity contribution in [2.45, 2.75) is 6.92 Å². The minimum absolute atomic E-state index is 0. The molecule has 0 aliphatic rings. The van der Waals surface area contributed by atoms with Gasteiger partial charge in [0.25, 0.3) is 0 Å². The van der Waals surface area contributed by atoms with Gasteiger partial charge < -0.3 is 0 Å². The number of rotatable bonds is 0. The van der Waals surface area contributed by atoms with Gasteiger partial charge in [-0.15, -0.1) is 0 Å². The van der Waals surface area contributed by atoms with Crippen LogP contribution >= 0.6 is 0 Å². The molecule has 1 rings (SSSR count). The largest absolute Gasteiger partial charge is 0.269 e. The predicted octanol–water partition coefficient (Wildman–Crippen LogP) is 2.56. The van der Waals surface area contributed by atoms with Crippen molar-refractivity contribution in [3.8, 4) is 0 Å². The van der Waals surface area contributed by atoms with Crippen molar-refractivity contribution in [1.82, 2.24) is 0 Å². The van der Waals surface area contributed by atoms with Crippen molar-refractivity contribution >= 4 is 0 Å². The van der Waals surface area contributed by atoms with Crippen LogP contribution in [0.25, 0.3) is 0 Å². The quantitative estimate of drug-likeness (QED) is 0.410. The Morgan fingerprint density at radius 2 is 1.55 bits per heavy atom. The van der Waals surface area contributed by atoms with Crippen LogP contribution in [0.15, 0.2) is 12.1 Å². The average Bonchev–Trinajstić information content (AvgIpc) is 1.93. The van der Waals surface area contributed by atoms with Crippen LogP contribution < -0.4 is 0 Å². The molecule has 0 bridgehead atoms. The SMILES string of the molecule is Cc1ccc(F)c(F)c1F.F. The van der Waals surface area contributed by atoms with Gasteiger partial charge in [-0.3, -0.25) is 4.70 Å². The van der Waals surface area contributed by atoms with Crippen LogP contribution in [0.1, 0.15) is 5.56 Å². The summed E-state index contributed by atoms with van der Waals surface area (Å²) in [7, 11) is 0. The molecule has 0 N–H and O–H groups in total. The zero-order valence-corrected chi connectivity index (χ0v) is 5.70. The third-order valence-corrected chi connectivity index (χ3v) is 1.23. The fourth-order valence-electron chi connectivity index (χ4n) is 0.622. The third kappa shape index (κ3) is 1.69.